The monoisotopic (exact) mass is 267 g/mol. The summed E-state index contributed by atoms with van der Waals surface area (Å²) in [6.45, 7) is 4.74. The standard InChI is InChI=1S/C15H17N5/c1-10(2)13-14(17)19-9-20-15(13)18-8-12-5-3-11(7-16)4-6-12/h3-6,9-10H,8H2,1-2H3,(H3,17,18,19,20). The van der Waals surface area contributed by atoms with E-state index >= 15 is 0 Å². The zero-order valence-corrected chi connectivity index (χ0v) is 11.6. The van der Waals surface area contributed by atoms with Gasteiger partial charge >= 0.3 is 0 Å². The molecule has 1 aromatic heterocycles. The van der Waals surface area contributed by atoms with Gasteiger partial charge < -0.3 is 11.1 Å². The molecule has 1 heterocycles. The Kier molecular flexibility index (Phi) is 4.16. The Morgan fingerprint density at radius 2 is 1.95 bits per heavy atom. The number of benzene rings is 1. The van der Waals surface area contributed by atoms with Crippen LogP contribution in [-0.4, -0.2) is 9.97 Å². The van der Waals surface area contributed by atoms with E-state index in [-0.39, 0.29) is 5.92 Å². The zero-order valence-electron chi connectivity index (χ0n) is 11.6. The van der Waals surface area contributed by atoms with E-state index in [0.29, 0.717) is 17.9 Å². The van der Waals surface area contributed by atoms with Crippen molar-refractivity contribution >= 4 is 11.6 Å². The van der Waals surface area contributed by atoms with Crippen LogP contribution in [0.4, 0.5) is 11.6 Å². The summed E-state index contributed by atoms with van der Waals surface area (Å²) in [5.41, 5.74) is 8.57. The molecule has 0 unspecified atom stereocenters. The van der Waals surface area contributed by atoms with Crippen molar-refractivity contribution in [3.05, 3.63) is 47.3 Å². The van der Waals surface area contributed by atoms with Crippen LogP contribution in [0.2, 0.25) is 0 Å². The van der Waals surface area contributed by atoms with E-state index in [1.165, 1.54) is 6.33 Å². The molecule has 0 saturated heterocycles. The van der Waals surface area contributed by atoms with Crippen molar-refractivity contribution in [2.45, 2.75) is 26.3 Å². The molecule has 0 spiro atoms. The van der Waals surface area contributed by atoms with Gasteiger partial charge in [-0.1, -0.05) is 26.0 Å². The van der Waals surface area contributed by atoms with Gasteiger partial charge in [-0.25, -0.2) is 9.97 Å². The van der Waals surface area contributed by atoms with Crippen LogP contribution in [0.15, 0.2) is 30.6 Å². The van der Waals surface area contributed by atoms with Gasteiger partial charge in [0.15, 0.2) is 0 Å². The fourth-order valence-electron chi connectivity index (χ4n) is 2.00. The quantitative estimate of drug-likeness (QED) is 0.889. The fourth-order valence-corrected chi connectivity index (χ4v) is 2.00. The van der Waals surface area contributed by atoms with Crippen molar-refractivity contribution < 1.29 is 0 Å². The molecule has 0 atom stereocenters. The van der Waals surface area contributed by atoms with Crippen molar-refractivity contribution in [3.8, 4) is 6.07 Å². The van der Waals surface area contributed by atoms with Gasteiger partial charge in [-0.2, -0.15) is 5.26 Å². The molecule has 3 N–H and O–H groups in total. The molecule has 0 bridgehead atoms. The Balaban J connectivity index is 2.14. The highest BCUT2D eigenvalue weighted by Gasteiger charge is 2.12. The first-order chi connectivity index (χ1) is 9.61. The topological polar surface area (TPSA) is 87.6 Å². The lowest BCUT2D eigenvalue weighted by molar-refractivity contribution is 0.849. The molecular formula is C15H17N5. The molecule has 0 saturated carbocycles. The first-order valence-corrected chi connectivity index (χ1v) is 6.45. The molecule has 0 fully saturated rings. The lowest BCUT2D eigenvalue weighted by atomic mass is 10.0. The number of nitriles is 1. The van der Waals surface area contributed by atoms with Crippen molar-refractivity contribution in [1.82, 2.24) is 9.97 Å². The molecule has 0 aliphatic heterocycles. The van der Waals surface area contributed by atoms with Crippen LogP contribution >= 0.6 is 0 Å². The molecule has 0 amide bonds. The third-order valence-corrected chi connectivity index (χ3v) is 3.04. The maximum atomic E-state index is 8.77. The zero-order chi connectivity index (χ0) is 14.5. The lowest BCUT2D eigenvalue weighted by Crippen LogP contribution is -2.09. The number of rotatable bonds is 4. The van der Waals surface area contributed by atoms with Crippen LogP contribution in [0.3, 0.4) is 0 Å². The van der Waals surface area contributed by atoms with Crippen molar-refractivity contribution in [2.24, 2.45) is 0 Å². The highest BCUT2D eigenvalue weighted by molar-refractivity contribution is 5.56. The van der Waals surface area contributed by atoms with Crippen LogP contribution in [0, 0.1) is 11.3 Å². The van der Waals surface area contributed by atoms with E-state index in [1.807, 2.05) is 12.1 Å². The number of nitrogens with one attached hydrogen (secondary N) is 1. The van der Waals surface area contributed by atoms with Crippen molar-refractivity contribution in [3.63, 3.8) is 0 Å². The van der Waals surface area contributed by atoms with Crippen LogP contribution in [0.25, 0.3) is 0 Å². The smallest absolute Gasteiger partial charge is 0.135 e. The van der Waals surface area contributed by atoms with Gasteiger partial charge in [0.25, 0.3) is 0 Å². The number of anilines is 2. The molecule has 102 valence electrons. The Morgan fingerprint density at radius 1 is 1.25 bits per heavy atom. The van der Waals surface area contributed by atoms with E-state index < -0.39 is 0 Å². The van der Waals surface area contributed by atoms with Gasteiger partial charge in [-0.3, -0.25) is 0 Å². The van der Waals surface area contributed by atoms with Crippen LogP contribution in [0.5, 0.6) is 0 Å². The summed E-state index contributed by atoms with van der Waals surface area (Å²) in [7, 11) is 0. The highest BCUT2D eigenvalue weighted by atomic mass is 15.0. The first kappa shape index (κ1) is 13.8. The third-order valence-electron chi connectivity index (χ3n) is 3.04. The summed E-state index contributed by atoms with van der Waals surface area (Å²) in [6, 6.07) is 9.55. The van der Waals surface area contributed by atoms with Crippen molar-refractivity contribution in [2.75, 3.05) is 11.1 Å². The van der Waals surface area contributed by atoms with E-state index in [2.05, 4.69) is 35.2 Å². The molecule has 0 aliphatic rings. The van der Waals surface area contributed by atoms with E-state index in [0.717, 1.165) is 16.9 Å². The van der Waals surface area contributed by atoms with Crippen LogP contribution in [-0.2, 0) is 6.54 Å². The predicted octanol–water partition coefficient (Wildman–Crippen LogP) is 2.67. The van der Waals surface area contributed by atoms with Crippen molar-refractivity contribution in [1.29, 1.82) is 5.26 Å². The van der Waals surface area contributed by atoms with Gasteiger partial charge in [0.1, 0.15) is 18.0 Å². The number of nitrogen functional groups attached to an aromatic ring is 1. The van der Waals surface area contributed by atoms with E-state index in [1.54, 1.807) is 12.1 Å². The number of aromatic nitrogens is 2. The SMILES string of the molecule is CC(C)c1c(N)ncnc1NCc1ccc(C#N)cc1. The minimum Gasteiger partial charge on any atom is -0.383 e. The molecule has 5 nitrogen and oxygen atoms in total. The third kappa shape index (κ3) is 3.04. The van der Waals surface area contributed by atoms with Gasteiger partial charge in [-0.05, 0) is 23.6 Å². The fraction of sp³-hybridized carbons (Fsp3) is 0.267. The Labute approximate surface area is 118 Å². The molecule has 5 heteroatoms. The molecule has 0 radical (unpaired) electrons. The molecule has 2 aromatic rings. The molecule has 1 aromatic carbocycles. The molecule has 0 aliphatic carbocycles. The maximum absolute atomic E-state index is 8.77. The van der Waals surface area contributed by atoms with Gasteiger partial charge in [0, 0.05) is 12.1 Å². The average molecular weight is 267 g/mol. The lowest BCUT2D eigenvalue weighted by Gasteiger charge is -2.14. The highest BCUT2D eigenvalue weighted by Crippen LogP contribution is 2.26. The maximum Gasteiger partial charge on any atom is 0.135 e. The summed E-state index contributed by atoms with van der Waals surface area (Å²) < 4.78 is 0. The minimum absolute atomic E-state index is 0.250. The summed E-state index contributed by atoms with van der Waals surface area (Å²) in [5, 5.41) is 12.0. The summed E-state index contributed by atoms with van der Waals surface area (Å²) >= 11 is 0. The van der Waals surface area contributed by atoms with Crippen LogP contribution in [0.1, 0.15) is 36.5 Å². The molecule has 2 rings (SSSR count). The first-order valence-electron chi connectivity index (χ1n) is 6.45. The summed E-state index contributed by atoms with van der Waals surface area (Å²) in [5.74, 6) is 1.52. The second-order valence-electron chi connectivity index (χ2n) is 4.84. The van der Waals surface area contributed by atoms with Gasteiger partial charge in [0.2, 0.25) is 0 Å². The van der Waals surface area contributed by atoms with E-state index in [4.69, 9.17) is 11.0 Å². The minimum atomic E-state index is 0.250. The van der Waals surface area contributed by atoms with Gasteiger partial charge in [0.05, 0.1) is 11.6 Å². The van der Waals surface area contributed by atoms with Gasteiger partial charge in [-0.15, -0.1) is 0 Å². The van der Waals surface area contributed by atoms with E-state index in [9.17, 15) is 0 Å². The normalized spacial score (nSPS) is 10.3. The molecule has 20 heavy (non-hydrogen) atoms. The number of nitrogens with two attached hydrogens (primary N) is 1. The Morgan fingerprint density at radius 3 is 2.55 bits per heavy atom. The number of hydrogen-bond acceptors (Lipinski definition) is 5. The second-order valence-corrected chi connectivity index (χ2v) is 4.84. The largest absolute Gasteiger partial charge is 0.383 e. The Bertz CT molecular complexity index is 626. The number of hydrogen-bond donors (Lipinski definition) is 2. The second kappa shape index (κ2) is 6.02. The Hall–Kier alpha value is -2.61. The number of nitrogens with zero attached hydrogens (tertiary/aromatic N) is 3. The summed E-state index contributed by atoms with van der Waals surface area (Å²) in [6.07, 6.45) is 1.46. The van der Waals surface area contributed by atoms with Crippen LogP contribution < -0.4 is 11.1 Å². The molecular weight excluding hydrogens is 250 g/mol. The summed E-state index contributed by atoms with van der Waals surface area (Å²) in [4.78, 5) is 8.28. The predicted molar refractivity (Wildman–Crippen MR) is 79.0 cm³/mol. The average Bonchev–Trinajstić information content (AvgIpc) is 2.45.